The van der Waals surface area contributed by atoms with Crippen LogP contribution in [0, 0.1) is 11.8 Å². The zero-order valence-corrected chi connectivity index (χ0v) is 11.1. The highest BCUT2D eigenvalue weighted by Gasteiger charge is 2.16. The van der Waals surface area contributed by atoms with Crippen LogP contribution >= 0.6 is 0 Å². The fraction of sp³-hybridized carbons (Fsp3) is 1.00. The van der Waals surface area contributed by atoms with Gasteiger partial charge in [0.25, 0.3) is 0 Å². The molecule has 16 heavy (non-hydrogen) atoms. The highest BCUT2D eigenvalue weighted by molar-refractivity contribution is 4.70. The molecule has 2 atom stereocenters. The lowest BCUT2D eigenvalue weighted by molar-refractivity contribution is 0.0416. The molecule has 0 aromatic rings. The van der Waals surface area contributed by atoms with E-state index in [0.717, 1.165) is 38.6 Å². The molecule has 1 aliphatic heterocycles. The molecule has 1 aliphatic rings. The van der Waals surface area contributed by atoms with Crippen molar-refractivity contribution in [1.82, 2.24) is 4.90 Å². The summed E-state index contributed by atoms with van der Waals surface area (Å²) < 4.78 is 5.50. The first-order valence-electron chi connectivity index (χ1n) is 6.61. The summed E-state index contributed by atoms with van der Waals surface area (Å²) in [6.07, 6.45) is 3.65. The first-order valence-corrected chi connectivity index (χ1v) is 6.61. The van der Waals surface area contributed by atoms with Gasteiger partial charge in [-0.05, 0) is 44.7 Å². The largest absolute Gasteiger partial charge is 0.381 e. The summed E-state index contributed by atoms with van der Waals surface area (Å²) in [5, 5.41) is 0. The van der Waals surface area contributed by atoms with Crippen LogP contribution in [-0.2, 0) is 4.74 Å². The summed E-state index contributed by atoms with van der Waals surface area (Å²) in [6.45, 7) is 8.55. The second kappa shape index (κ2) is 7.25. The quantitative estimate of drug-likeness (QED) is 0.752. The van der Waals surface area contributed by atoms with Crippen LogP contribution in [-0.4, -0.2) is 44.3 Å². The summed E-state index contributed by atoms with van der Waals surface area (Å²) in [5.41, 5.74) is 6.05. The maximum Gasteiger partial charge on any atom is 0.0506 e. The van der Waals surface area contributed by atoms with Crippen molar-refractivity contribution in [2.45, 2.75) is 39.2 Å². The lowest BCUT2D eigenvalue weighted by atomic mass is 10.00. The molecule has 2 N–H and O–H groups in total. The van der Waals surface area contributed by atoms with Gasteiger partial charge in [-0.15, -0.1) is 0 Å². The van der Waals surface area contributed by atoms with Crippen molar-refractivity contribution in [3.8, 4) is 0 Å². The summed E-state index contributed by atoms with van der Waals surface area (Å²) in [5.74, 6) is 1.32. The molecule has 0 saturated carbocycles. The fourth-order valence-electron chi connectivity index (χ4n) is 2.19. The summed E-state index contributed by atoms with van der Waals surface area (Å²) in [6, 6.07) is 0.338. The van der Waals surface area contributed by atoms with Crippen LogP contribution < -0.4 is 5.73 Å². The van der Waals surface area contributed by atoms with Crippen molar-refractivity contribution < 1.29 is 4.74 Å². The normalized spacial score (nSPS) is 24.0. The molecule has 0 amide bonds. The van der Waals surface area contributed by atoms with Crippen molar-refractivity contribution in [2.24, 2.45) is 17.6 Å². The molecule has 3 nitrogen and oxygen atoms in total. The minimum absolute atomic E-state index is 0.338. The lowest BCUT2D eigenvalue weighted by Crippen LogP contribution is -2.35. The molecule has 0 bridgehead atoms. The van der Waals surface area contributed by atoms with Crippen LogP contribution in [0.25, 0.3) is 0 Å². The first-order chi connectivity index (χ1) is 7.59. The number of nitrogens with two attached hydrogens (primary N) is 1. The van der Waals surface area contributed by atoms with Crippen LogP contribution in [0.5, 0.6) is 0 Å². The van der Waals surface area contributed by atoms with Crippen molar-refractivity contribution in [2.75, 3.05) is 33.4 Å². The number of hydrogen-bond donors (Lipinski definition) is 1. The summed E-state index contributed by atoms with van der Waals surface area (Å²) in [7, 11) is 2.20. The number of ether oxygens (including phenoxy) is 1. The maximum absolute atomic E-state index is 6.05. The van der Waals surface area contributed by atoms with Crippen molar-refractivity contribution >= 4 is 0 Å². The highest BCUT2D eigenvalue weighted by atomic mass is 16.5. The molecule has 0 aromatic heterocycles. The zero-order valence-electron chi connectivity index (χ0n) is 11.1. The molecule has 0 spiro atoms. The second-order valence-electron chi connectivity index (χ2n) is 5.54. The average Bonchev–Trinajstić information content (AvgIpc) is 2.27. The van der Waals surface area contributed by atoms with E-state index >= 15 is 0 Å². The Kier molecular flexibility index (Phi) is 6.32. The topological polar surface area (TPSA) is 38.5 Å². The second-order valence-corrected chi connectivity index (χ2v) is 5.54. The van der Waals surface area contributed by atoms with Gasteiger partial charge in [0.2, 0.25) is 0 Å². The Bertz CT molecular complexity index is 179. The Morgan fingerprint density at radius 3 is 2.75 bits per heavy atom. The Morgan fingerprint density at radius 1 is 1.44 bits per heavy atom. The maximum atomic E-state index is 6.05. The molecule has 1 saturated heterocycles. The predicted molar refractivity (Wildman–Crippen MR) is 68.5 cm³/mol. The van der Waals surface area contributed by atoms with Crippen molar-refractivity contribution in [3.63, 3.8) is 0 Å². The molecule has 3 heteroatoms. The number of rotatable bonds is 6. The minimum Gasteiger partial charge on any atom is -0.381 e. The Labute approximate surface area is 100 Å². The van der Waals surface area contributed by atoms with Gasteiger partial charge in [-0.3, -0.25) is 0 Å². The monoisotopic (exact) mass is 228 g/mol. The van der Waals surface area contributed by atoms with Crippen LogP contribution in [0.2, 0.25) is 0 Å². The van der Waals surface area contributed by atoms with Gasteiger partial charge in [-0.1, -0.05) is 13.8 Å². The predicted octanol–water partition coefficient (Wildman–Crippen LogP) is 1.72. The molecule has 96 valence electrons. The molecule has 0 aliphatic carbocycles. The van der Waals surface area contributed by atoms with Gasteiger partial charge in [0, 0.05) is 19.2 Å². The van der Waals surface area contributed by atoms with E-state index in [2.05, 4.69) is 25.8 Å². The SMILES string of the molecule is CC(C)C(N)CCN(C)CC1CCCOC1. The summed E-state index contributed by atoms with van der Waals surface area (Å²) >= 11 is 0. The number of hydrogen-bond acceptors (Lipinski definition) is 3. The minimum atomic E-state index is 0.338. The smallest absolute Gasteiger partial charge is 0.0506 e. The lowest BCUT2D eigenvalue weighted by Gasteiger charge is -2.28. The first kappa shape index (κ1) is 13.9. The van der Waals surface area contributed by atoms with Crippen LogP contribution in [0.15, 0.2) is 0 Å². The third kappa shape index (κ3) is 5.28. The van der Waals surface area contributed by atoms with E-state index in [4.69, 9.17) is 10.5 Å². The average molecular weight is 228 g/mol. The van der Waals surface area contributed by atoms with Crippen molar-refractivity contribution in [1.29, 1.82) is 0 Å². The molecule has 1 heterocycles. The molecular weight excluding hydrogens is 200 g/mol. The Morgan fingerprint density at radius 2 is 2.19 bits per heavy atom. The van der Waals surface area contributed by atoms with Gasteiger partial charge in [0.15, 0.2) is 0 Å². The summed E-state index contributed by atoms with van der Waals surface area (Å²) in [4.78, 5) is 2.40. The molecular formula is C13H28N2O. The van der Waals surface area contributed by atoms with Crippen LogP contribution in [0.1, 0.15) is 33.1 Å². The van der Waals surface area contributed by atoms with Crippen LogP contribution in [0.3, 0.4) is 0 Å². The van der Waals surface area contributed by atoms with Gasteiger partial charge in [0.05, 0.1) is 6.61 Å². The van der Waals surface area contributed by atoms with E-state index in [-0.39, 0.29) is 0 Å². The van der Waals surface area contributed by atoms with Crippen molar-refractivity contribution in [3.05, 3.63) is 0 Å². The fourth-order valence-corrected chi connectivity index (χ4v) is 2.19. The molecule has 2 unspecified atom stereocenters. The third-order valence-corrected chi connectivity index (χ3v) is 3.52. The van der Waals surface area contributed by atoms with E-state index < -0.39 is 0 Å². The van der Waals surface area contributed by atoms with E-state index in [1.54, 1.807) is 0 Å². The molecule has 1 fully saturated rings. The standard InChI is InChI=1S/C13H28N2O/c1-11(2)13(14)6-7-15(3)9-12-5-4-8-16-10-12/h11-13H,4-10,14H2,1-3H3. The Hall–Kier alpha value is -0.120. The molecule has 1 rings (SSSR count). The van der Waals surface area contributed by atoms with Crippen LogP contribution in [0.4, 0.5) is 0 Å². The van der Waals surface area contributed by atoms with E-state index in [9.17, 15) is 0 Å². The third-order valence-electron chi connectivity index (χ3n) is 3.52. The van der Waals surface area contributed by atoms with E-state index in [1.165, 1.54) is 12.8 Å². The molecule has 0 aromatic carbocycles. The molecule has 0 radical (unpaired) electrons. The van der Waals surface area contributed by atoms with E-state index in [1.807, 2.05) is 0 Å². The van der Waals surface area contributed by atoms with Gasteiger partial charge < -0.3 is 15.4 Å². The highest BCUT2D eigenvalue weighted by Crippen LogP contribution is 2.14. The van der Waals surface area contributed by atoms with Gasteiger partial charge in [-0.2, -0.15) is 0 Å². The number of nitrogens with zero attached hydrogens (tertiary/aromatic N) is 1. The van der Waals surface area contributed by atoms with Gasteiger partial charge >= 0.3 is 0 Å². The Balaban J connectivity index is 2.12. The van der Waals surface area contributed by atoms with E-state index in [0.29, 0.717) is 12.0 Å². The van der Waals surface area contributed by atoms with Gasteiger partial charge in [0.1, 0.15) is 0 Å². The zero-order chi connectivity index (χ0) is 12.0. The van der Waals surface area contributed by atoms with Gasteiger partial charge in [-0.25, -0.2) is 0 Å².